The van der Waals surface area contributed by atoms with Crippen molar-refractivity contribution >= 4 is 11.6 Å². The van der Waals surface area contributed by atoms with Gasteiger partial charge in [0, 0.05) is 11.5 Å². The van der Waals surface area contributed by atoms with Crippen LogP contribution >= 0.6 is 0 Å². The molecule has 0 aromatic rings. The third kappa shape index (κ3) is 1.88. The van der Waals surface area contributed by atoms with E-state index in [1.807, 2.05) is 0 Å². The summed E-state index contributed by atoms with van der Waals surface area (Å²) in [6.07, 6.45) is 0. The number of hydrogen-bond acceptors (Lipinski definition) is 4. The van der Waals surface area contributed by atoms with Gasteiger partial charge in [0.05, 0.1) is 5.41 Å². The standard InChI is InChI=1S/C13H17O4/c1-6(2)9(14)8-10(15)7(3)11(16)13(4,5)12(8)17/h6,15-16H,3H2,1-2,4-5H3. The number of aliphatic hydroxyl groups is 2. The first-order valence-electron chi connectivity index (χ1n) is 5.40. The molecule has 0 aliphatic heterocycles. The lowest BCUT2D eigenvalue weighted by Gasteiger charge is -2.30. The molecule has 0 unspecified atom stereocenters. The highest BCUT2D eigenvalue weighted by atomic mass is 16.3. The second-order valence-electron chi connectivity index (χ2n) is 5.02. The molecular formula is C13H17O4. The third-order valence-corrected chi connectivity index (χ3v) is 2.97. The number of carbonyl (C=O) groups excluding carboxylic acids is 2. The Labute approximate surface area is 101 Å². The molecule has 0 atom stereocenters. The van der Waals surface area contributed by atoms with Crippen LogP contribution in [0.15, 0.2) is 22.7 Å². The third-order valence-electron chi connectivity index (χ3n) is 2.97. The van der Waals surface area contributed by atoms with Gasteiger partial charge < -0.3 is 10.2 Å². The van der Waals surface area contributed by atoms with E-state index in [9.17, 15) is 19.8 Å². The summed E-state index contributed by atoms with van der Waals surface area (Å²) in [5, 5.41) is 19.6. The van der Waals surface area contributed by atoms with E-state index in [0.717, 1.165) is 0 Å². The first kappa shape index (κ1) is 13.5. The lowest BCUT2D eigenvalue weighted by Crippen LogP contribution is -2.37. The van der Waals surface area contributed by atoms with Crippen molar-refractivity contribution in [1.29, 1.82) is 0 Å². The number of carbonyl (C=O) groups is 2. The first-order chi connectivity index (χ1) is 7.62. The summed E-state index contributed by atoms with van der Waals surface area (Å²) in [5.74, 6) is -2.21. The van der Waals surface area contributed by atoms with Crippen molar-refractivity contribution in [2.24, 2.45) is 11.3 Å². The van der Waals surface area contributed by atoms with E-state index in [1.165, 1.54) is 13.8 Å². The predicted octanol–water partition coefficient (Wildman–Crippen LogP) is 2.28. The first-order valence-corrected chi connectivity index (χ1v) is 5.40. The van der Waals surface area contributed by atoms with E-state index in [0.29, 0.717) is 0 Å². The number of allylic oxidation sites excluding steroid dienone is 3. The van der Waals surface area contributed by atoms with Crippen molar-refractivity contribution in [1.82, 2.24) is 0 Å². The fourth-order valence-corrected chi connectivity index (χ4v) is 1.69. The molecule has 17 heavy (non-hydrogen) atoms. The summed E-state index contributed by atoms with van der Waals surface area (Å²) in [6, 6.07) is 0. The SMILES string of the molecule is [CH2]C1=C(O)C(C)(C)C(=O)C(C(=O)C(C)C)=C1O. The molecule has 1 aliphatic carbocycles. The van der Waals surface area contributed by atoms with Crippen LogP contribution in [0.4, 0.5) is 0 Å². The van der Waals surface area contributed by atoms with Gasteiger partial charge in [0.25, 0.3) is 0 Å². The van der Waals surface area contributed by atoms with Crippen LogP contribution in [0.2, 0.25) is 0 Å². The van der Waals surface area contributed by atoms with E-state index in [2.05, 4.69) is 6.92 Å². The normalized spacial score (nSPS) is 20.2. The molecule has 4 heteroatoms. The molecule has 0 bridgehead atoms. The van der Waals surface area contributed by atoms with Gasteiger partial charge in [-0.3, -0.25) is 9.59 Å². The van der Waals surface area contributed by atoms with Gasteiger partial charge in [0.15, 0.2) is 11.6 Å². The van der Waals surface area contributed by atoms with Gasteiger partial charge in [-0.05, 0) is 20.8 Å². The fraction of sp³-hybridized carbons (Fsp3) is 0.462. The Hall–Kier alpha value is -1.58. The molecule has 0 aromatic carbocycles. The minimum Gasteiger partial charge on any atom is -0.511 e. The van der Waals surface area contributed by atoms with Gasteiger partial charge >= 0.3 is 0 Å². The molecule has 1 radical (unpaired) electrons. The summed E-state index contributed by atoms with van der Waals surface area (Å²) < 4.78 is 0. The molecule has 0 saturated heterocycles. The summed E-state index contributed by atoms with van der Waals surface area (Å²) in [5.41, 5.74) is -1.53. The predicted molar refractivity (Wildman–Crippen MR) is 63.3 cm³/mol. The molecule has 93 valence electrons. The van der Waals surface area contributed by atoms with Gasteiger partial charge in [-0.1, -0.05) is 13.8 Å². The topological polar surface area (TPSA) is 74.6 Å². The second kappa shape index (κ2) is 4.02. The Morgan fingerprint density at radius 1 is 1.29 bits per heavy atom. The lowest BCUT2D eigenvalue weighted by molar-refractivity contribution is -0.128. The van der Waals surface area contributed by atoms with Crippen molar-refractivity contribution in [2.45, 2.75) is 27.7 Å². The van der Waals surface area contributed by atoms with Crippen LogP contribution in [0, 0.1) is 18.3 Å². The van der Waals surface area contributed by atoms with Crippen LogP contribution in [0.5, 0.6) is 0 Å². The Morgan fingerprint density at radius 2 is 1.76 bits per heavy atom. The van der Waals surface area contributed by atoms with E-state index in [4.69, 9.17) is 0 Å². The number of hydrogen-bond donors (Lipinski definition) is 2. The van der Waals surface area contributed by atoms with Crippen LogP contribution in [0.3, 0.4) is 0 Å². The smallest absolute Gasteiger partial charge is 0.183 e. The molecule has 0 spiro atoms. The Morgan fingerprint density at radius 3 is 2.18 bits per heavy atom. The van der Waals surface area contributed by atoms with Crippen molar-refractivity contribution < 1.29 is 19.8 Å². The number of rotatable bonds is 2. The van der Waals surface area contributed by atoms with Crippen molar-refractivity contribution in [2.75, 3.05) is 0 Å². The largest absolute Gasteiger partial charge is 0.511 e. The van der Waals surface area contributed by atoms with Crippen LogP contribution in [-0.2, 0) is 9.59 Å². The quantitative estimate of drug-likeness (QED) is 0.722. The highest BCUT2D eigenvalue weighted by Gasteiger charge is 2.44. The molecule has 0 amide bonds. The minimum absolute atomic E-state index is 0.0569. The van der Waals surface area contributed by atoms with E-state index in [-0.39, 0.29) is 16.9 Å². The van der Waals surface area contributed by atoms with E-state index < -0.39 is 28.7 Å². The molecule has 0 saturated carbocycles. The molecule has 4 nitrogen and oxygen atoms in total. The summed E-state index contributed by atoms with van der Waals surface area (Å²) in [7, 11) is 0. The zero-order valence-corrected chi connectivity index (χ0v) is 10.5. The molecule has 0 fully saturated rings. The van der Waals surface area contributed by atoms with Crippen LogP contribution < -0.4 is 0 Å². The lowest BCUT2D eigenvalue weighted by atomic mass is 9.73. The zero-order valence-electron chi connectivity index (χ0n) is 10.5. The molecule has 1 rings (SSSR count). The van der Waals surface area contributed by atoms with E-state index >= 15 is 0 Å². The van der Waals surface area contributed by atoms with Gasteiger partial charge in [-0.25, -0.2) is 0 Å². The molecule has 2 N–H and O–H groups in total. The highest BCUT2D eigenvalue weighted by molar-refractivity contribution is 6.24. The summed E-state index contributed by atoms with van der Waals surface area (Å²) in [6.45, 7) is 9.78. The van der Waals surface area contributed by atoms with Crippen LogP contribution in [0.25, 0.3) is 0 Å². The Bertz CT molecular complexity index is 450. The summed E-state index contributed by atoms with van der Waals surface area (Å²) in [4.78, 5) is 24.0. The number of aliphatic hydroxyl groups excluding tert-OH is 2. The van der Waals surface area contributed by atoms with Crippen molar-refractivity contribution in [3.05, 3.63) is 29.6 Å². The minimum atomic E-state index is -1.22. The zero-order chi connectivity index (χ0) is 13.5. The monoisotopic (exact) mass is 237 g/mol. The van der Waals surface area contributed by atoms with Crippen molar-refractivity contribution in [3.63, 3.8) is 0 Å². The maximum Gasteiger partial charge on any atom is 0.183 e. The Kier molecular flexibility index (Phi) is 3.19. The van der Waals surface area contributed by atoms with Crippen molar-refractivity contribution in [3.8, 4) is 0 Å². The second-order valence-corrected chi connectivity index (χ2v) is 5.02. The molecular weight excluding hydrogens is 220 g/mol. The fourth-order valence-electron chi connectivity index (χ4n) is 1.69. The van der Waals surface area contributed by atoms with E-state index in [1.54, 1.807) is 13.8 Å². The average Bonchev–Trinajstić information content (AvgIpc) is 2.24. The number of Topliss-reactive ketones (excluding diaryl/α,β-unsaturated/α-hetero) is 2. The maximum absolute atomic E-state index is 12.1. The van der Waals surface area contributed by atoms with Gasteiger partial charge in [0.1, 0.15) is 17.1 Å². The maximum atomic E-state index is 12.1. The summed E-state index contributed by atoms with van der Waals surface area (Å²) >= 11 is 0. The van der Waals surface area contributed by atoms with Gasteiger partial charge in [0.2, 0.25) is 0 Å². The Balaban J connectivity index is 3.48. The number of ketones is 2. The van der Waals surface area contributed by atoms with Gasteiger partial charge in [-0.2, -0.15) is 0 Å². The van der Waals surface area contributed by atoms with Crippen LogP contribution in [-0.4, -0.2) is 21.8 Å². The molecule has 0 heterocycles. The highest BCUT2D eigenvalue weighted by Crippen LogP contribution is 2.38. The molecule has 1 aliphatic rings. The van der Waals surface area contributed by atoms with Crippen LogP contribution in [0.1, 0.15) is 27.7 Å². The molecule has 0 aromatic heterocycles. The average molecular weight is 237 g/mol. The van der Waals surface area contributed by atoms with Gasteiger partial charge in [-0.15, -0.1) is 0 Å².